The number of nitrogens with one attached hydrogen (secondary N) is 2. The van der Waals surface area contributed by atoms with E-state index in [0.29, 0.717) is 17.9 Å². The molecule has 0 saturated carbocycles. The highest BCUT2D eigenvalue weighted by Gasteiger charge is 2.19. The SMILES string of the molecule is CCC(=O)Nc1cc(C(=O)Nc2c(C)nsc2C)nn1-c1ccccc1. The van der Waals surface area contributed by atoms with Crippen LogP contribution in [0.2, 0.25) is 0 Å². The smallest absolute Gasteiger partial charge is 0.276 e. The molecule has 0 aliphatic heterocycles. The van der Waals surface area contributed by atoms with E-state index < -0.39 is 0 Å². The lowest BCUT2D eigenvalue weighted by Crippen LogP contribution is -2.14. The van der Waals surface area contributed by atoms with Gasteiger partial charge in [0.05, 0.1) is 17.1 Å². The van der Waals surface area contributed by atoms with Crippen LogP contribution in [0.4, 0.5) is 11.5 Å². The molecule has 7 nitrogen and oxygen atoms in total. The summed E-state index contributed by atoms with van der Waals surface area (Å²) in [5, 5.41) is 10.0. The molecule has 2 N–H and O–H groups in total. The van der Waals surface area contributed by atoms with E-state index in [2.05, 4.69) is 20.1 Å². The van der Waals surface area contributed by atoms with Crippen LogP contribution in [0.15, 0.2) is 36.4 Å². The molecule has 0 spiro atoms. The molecule has 26 heavy (non-hydrogen) atoms. The maximum Gasteiger partial charge on any atom is 0.276 e. The number of carbonyl (C=O) groups is 2. The van der Waals surface area contributed by atoms with Crippen molar-refractivity contribution in [2.45, 2.75) is 27.2 Å². The van der Waals surface area contributed by atoms with Crippen LogP contribution in [0.1, 0.15) is 34.4 Å². The summed E-state index contributed by atoms with van der Waals surface area (Å²) in [6.45, 7) is 5.51. The van der Waals surface area contributed by atoms with Crippen molar-refractivity contribution in [3.05, 3.63) is 52.7 Å². The largest absolute Gasteiger partial charge is 0.318 e. The number of hydrogen-bond donors (Lipinski definition) is 2. The highest BCUT2D eigenvalue weighted by molar-refractivity contribution is 7.06. The Morgan fingerprint density at radius 1 is 1.15 bits per heavy atom. The minimum atomic E-state index is -0.349. The number of para-hydroxylation sites is 1. The molecular formula is C18H19N5O2S. The first kappa shape index (κ1) is 17.8. The number of nitrogens with zero attached hydrogens (tertiary/aromatic N) is 3. The zero-order valence-electron chi connectivity index (χ0n) is 14.7. The van der Waals surface area contributed by atoms with E-state index in [1.807, 2.05) is 44.2 Å². The second kappa shape index (κ2) is 7.49. The van der Waals surface area contributed by atoms with Crippen molar-refractivity contribution in [2.75, 3.05) is 10.6 Å². The fourth-order valence-corrected chi connectivity index (χ4v) is 3.07. The Balaban J connectivity index is 1.95. The Bertz CT molecular complexity index is 926. The molecule has 0 bridgehead atoms. The third-order valence-electron chi connectivity index (χ3n) is 3.80. The number of anilines is 2. The van der Waals surface area contributed by atoms with Crippen LogP contribution in [0.25, 0.3) is 5.69 Å². The topological polar surface area (TPSA) is 88.9 Å². The van der Waals surface area contributed by atoms with Crippen LogP contribution in [-0.2, 0) is 4.79 Å². The van der Waals surface area contributed by atoms with Gasteiger partial charge in [0, 0.05) is 17.4 Å². The van der Waals surface area contributed by atoms with Crippen molar-refractivity contribution in [3.8, 4) is 5.69 Å². The zero-order valence-corrected chi connectivity index (χ0v) is 15.6. The molecule has 0 fully saturated rings. The number of carbonyl (C=O) groups excluding carboxylic acids is 2. The number of aromatic nitrogens is 3. The molecule has 1 aromatic carbocycles. The first-order chi connectivity index (χ1) is 12.5. The molecule has 3 aromatic rings. The van der Waals surface area contributed by atoms with Crippen molar-refractivity contribution in [2.24, 2.45) is 0 Å². The lowest BCUT2D eigenvalue weighted by molar-refractivity contribution is -0.115. The summed E-state index contributed by atoms with van der Waals surface area (Å²) < 4.78 is 5.78. The van der Waals surface area contributed by atoms with Gasteiger partial charge in [0.1, 0.15) is 5.82 Å². The molecule has 2 amide bonds. The average Bonchev–Trinajstić information content (AvgIpc) is 3.20. The molecule has 0 unspecified atom stereocenters. The predicted octanol–water partition coefficient (Wildman–Crippen LogP) is 3.55. The van der Waals surface area contributed by atoms with Gasteiger partial charge < -0.3 is 10.6 Å². The Labute approximate surface area is 155 Å². The highest BCUT2D eigenvalue weighted by Crippen LogP contribution is 2.24. The first-order valence-electron chi connectivity index (χ1n) is 8.19. The van der Waals surface area contributed by atoms with E-state index in [4.69, 9.17) is 0 Å². The quantitative estimate of drug-likeness (QED) is 0.720. The van der Waals surface area contributed by atoms with E-state index in [1.54, 1.807) is 17.7 Å². The van der Waals surface area contributed by atoms with Crippen LogP contribution < -0.4 is 10.6 Å². The summed E-state index contributed by atoms with van der Waals surface area (Å²) >= 11 is 1.34. The van der Waals surface area contributed by atoms with Crippen LogP contribution in [0.3, 0.4) is 0 Å². The first-order valence-corrected chi connectivity index (χ1v) is 8.96. The number of hydrogen-bond acceptors (Lipinski definition) is 5. The second-order valence-corrected chi connectivity index (χ2v) is 6.69. The van der Waals surface area contributed by atoms with Crippen LogP contribution in [-0.4, -0.2) is 26.0 Å². The molecule has 2 aromatic heterocycles. The average molecular weight is 369 g/mol. The summed E-state index contributed by atoms with van der Waals surface area (Å²) in [5.74, 6) is -0.0501. The summed E-state index contributed by atoms with van der Waals surface area (Å²) in [7, 11) is 0. The maximum absolute atomic E-state index is 12.6. The van der Waals surface area contributed by atoms with Gasteiger partial charge in [-0.05, 0) is 37.5 Å². The monoisotopic (exact) mass is 369 g/mol. The number of benzene rings is 1. The molecule has 3 rings (SSSR count). The Morgan fingerprint density at radius 3 is 2.50 bits per heavy atom. The molecular weight excluding hydrogens is 350 g/mol. The van der Waals surface area contributed by atoms with Crippen molar-refractivity contribution in [1.29, 1.82) is 0 Å². The summed E-state index contributed by atoms with van der Waals surface area (Å²) in [6.07, 6.45) is 0.334. The highest BCUT2D eigenvalue weighted by atomic mass is 32.1. The number of amides is 2. The van der Waals surface area contributed by atoms with Crippen LogP contribution in [0.5, 0.6) is 0 Å². The lowest BCUT2D eigenvalue weighted by atomic mass is 10.3. The Morgan fingerprint density at radius 2 is 1.88 bits per heavy atom. The third-order valence-corrected chi connectivity index (χ3v) is 4.65. The Kier molecular flexibility index (Phi) is 5.13. The predicted molar refractivity (Wildman–Crippen MR) is 102 cm³/mol. The number of aryl methyl sites for hydroxylation is 2. The summed E-state index contributed by atoms with van der Waals surface area (Å²) in [4.78, 5) is 25.4. The van der Waals surface area contributed by atoms with Gasteiger partial charge in [0.2, 0.25) is 5.91 Å². The van der Waals surface area contributed by atoms with Crippen molar-refractivity contribution in [3.63, 3.8) is 0 Å². The van der Waals surface area contributed by atoms with Crippen molar-refractivity contribution < 1.29 is 9.59 Å². The van der Waals surface area contributed by atoms with Gasteiger partial charge in [0.15, 0.2) is 5.69 Å². The number of rotatable bonds is 5. The van der Waals surface area contributed by atoms with Crippen molar-refractivity contribution >= 4 is 34.9 Å². The minimum absolute atomic E-state index is 0.150. The fraction of sp³-hybridized carbons (Fsp3) is 0.222. The van der Waals surface area contributed by atoms with Crippen LogP contribution in [0, 0.1) is 13.8 Å². The molecule has 2 heterocycles. The summed E-state index contributed by atoms with van der Waals surface area (Å²) in [6, 6.07) is 10.9. The standard InChI is InChI=1S/C18H19N5O2S/c1-4-16(24)19-15-10-14(21-23(15)13-8-6-5-7-9-13)18(25)20-17-11(2)22-26-12(17)3/h5-10H,4H2,1-3H3,(H,19,24)(H,20,25). The molecule has 134 valence electrons. The van der Waals surface area contributed by atoms with E-state index >= 15 is 0 Å². The summed E-state index contributed by atoms with van der Waals surface area (Å²) in [5.41, 5.74) is 2.43. The van der Waals surface area contributed by atoms with E-state index in [1.165, 1.54) is 11.5 Å². The molecule has 0 saturated heterocycles. The normalized spacial score (nSPS) is 10.6. The molecule has 8 heteroatoms. The van der Waals surface area contributed by atoms with E-state index in [0.717, 1.165) is 16.3 Å². The van der Waals surface area contributed by atoms with Gasteiger partial charge >= 0.3 is 0 Å². The molecule has 0 radical (unpaired) electrons. The molecule has 0 aliphatic rings. The second-order valence-electron chi connectivity index (χ2n) is 5.72. The fourth-order valence-electron chi connectivity index (χ4n) is 2.42. The van der Waals surface area contributed by atoms with Gasteiger partial charge in [-0.3, -0.25) is 9.59 Å². The van der Waals surface area contributed by atoms with Gasteiger partial charge in [-0.15, -0.1) is 0 Å². The van der Waals surface area contributed by atoms with Gasteiger partial charge in [0.25, 0.3) is 5.91 Å². The molecule has 0 aliphatic carbocycles. The van der Waals surface area contributed by atoms with E-state index in [9.17, 15) is 9.59 Å². The third kappa shape index (κ3) is 3.65. The minimum Gasteiger partial charge on any atom is -0.318 e. The maximum atomic E-state index is 12.6. The molecule has 0 atom stereocenters. The van der Waals surface area contributed by atoms with Crippen LogP contribution >= 0.6 is 11.5 Å². The van der Waals surface area contributed by atoms with Crippen molar-refractivity contribution in [1.82, 2.24) is 14.2 Å². The van der Waals surface area contributed by atoms with E-state index in [-0.39, 0.29) is 17.5 Å². The van der Waals surface area contributed by atoms with Gasteiger partial charge in [-0.2, -0.15) is 9.47 Å². The van der Waals surface area contributed by atoms with Gasteiger partial charge in [-0.25, -0.2) is 4.68 Å². The Hall–Kier alpha value is -3.00. The van der Waals surface area contributed by atoms with Gasteiger partial charge in [-0.1, -0.05) is 25.1 Å². The zero-order chi connectivity index (χ0) is 18.7. The lowest BCUT2D eigenvalue weighted by Gasteiger charge is -2.07.